The van der Waals surface area contributed by atoms with Gasteiger partial charge in [0, 0.05) is 38.9 Å². The average Bonchev–Trinajstić information content (AvgIpc) is 2.17. The highest BCUT2D eigenvalue weighted by Crippen LogP contribution is 2.06. The van der Waals surface area contributed by atoms with Gasteiger partial charge < -0.3 is 10.1 Å². The zero-order chi connectivity index (χ0) is 10.4. The van der Waals surface area contributed by atoms with Gasteiger partial charge in [0.15, 0.2) is 0 Å². The molecule has 4 heteroatoms. The monoisotopic (exact) mass is 195 g/mol. The molecular weight excluding hydrogens is 178 g/mol. The maximum Gasteiger partial charge on any atom is 0.131 e. The van der Waals surface area contributed by atoms with Crippen molar-refractivity contribution in [2.24, 2.45) is 0 Å². The van der Waals surface area contributed by atoms with Crippen molar-refractivity contribution in [3.05, 3.63) is 17.6 Å². The van der Waals surface area contributed by atoms with E-state index < -0.39 is 0 Å². The predicted octanol–water partition coefficient (Wildman–Crippen LogP) is 1.41. The first-order valence-electron chi connectivity index (χ1n) is 4.77. The molecule has 0 aliphatic carbocycles. The van der Waals surface area contributed by atoms with E-state index in [0.29, 0.717) is 0 Å². The van der Waals surface area contributed by atoms with Gasteiger partial charge in [-0.15, -0.1) is 0 Å². The normalized spacial score (nSPS) is 10.2. The zero-order valence-corrected chi connectivity index (χ0v) is 9.00. The second-order valence-corrected chi connectivity index (χ2v) is 3.16. The van der Waals surface area contributed by atoms with Crippen LogP contribution in [0.5, 0.6) is 0 Å². The van der Waals surface area contributed by atoms with Crippen molar-refractivity contribution in [3.63, 3.8) is 0 Å². The zero-order valence-electron chi connectivity index (χ0n) is 9.00. The minimum atomic E-state index is 0.756. The van der Waals surface area contributed by atoms with E-state index in [-0.39, 0.29) is 0 Å². The number of hydrogen-bond acceptors (Lipinski definition) is 4. The smallest absolute Gasteiger partial charge is 0.131 e. The molecule has 0 saturated carbocycles. The minimum absolute atomic E-state index is 0.756. The first kappa shape index (κ1) is 10.9. The fraction of sp³-hybridized carbons (Fsp3) is 0.600. The third-order valence-electron chi connectivity index (χ3n) is 1.91. The van der Waals surface area contributed by atoms with Gasteiger partial charge in [0.25, 0.3) is 0 Å². The van der Waals surface area contributed by atoms with Crippen LogP contribution in [0.25, 0.3) is 0 Å². The lowest BCUT2D eigenvalue weighted by Gasteiger charge is -2.04. The molecule has 0 aromatic carbocycles. The summed E-state index contributed by atoms with van der Waals surface area (Å²) in [5.74, 6) is 1.76. The van der Waals surface area contributed by atoms with E-state index in [4.69, 9.17) is 4.74 Å². The first-order chi connectivity index (χ1) is 6.76. The van der Waals surface area contributed by atoms with Crippen molar-refractivity contribution in [2.45, 2.75) is 19.8 Å². The highest BCUT2D eigenvalue weighted by molar-refractivity contribution is 5.34. The molecule has 1 rings (SSSR count). The summed E-state index contributed by atoms with van der Waals surface area (Å²) in [4.78, 5) is 8.69. The summed E-state index contributed by atoms with van der Waals surface area (Å²) < 4.78 is 4.98. The van der Waals surface area contributed by atoms with E-state index >= 15 is 0 Å². The van der Waals surface area contributed by atoms with E-state index in [1.807, 2.05) is 20.0 Å². The third-order valence-corrected chi connectivity index (χ3v) is 1.91. The van der Waals surface area contributed by atoms with Gasteiger partial charge in [-0.05, 0) is 13.3 Å². The maximum atomic E-state index is 4.98. The quantitative estimate of drug-likeness (QED) is 0.721. The third kappa shape index (κ3) is 3.30. The van der Waals surface area contributed by atoms with Crippen molar-refractivity contribution < 1.29 is 4.74 Å². The highest BCUT2D eigenvalue weighted by atomic mass is 16.5. The summed E-state index contributed by atoms with van der Waals surface area (Å²) >= 11 is 0. The van der Waals surface area contributed by atoms with Crippen molar-refractivity contribution in [1.29, 1.82) is 0 Å². The highest BCUT2D eigenvalue weighted by Gasteiger charge is 2.00. The Morgan fingerprint density at radius 1 is 1.43 bits per heavy atom. The van der Waals surface area contributed by atoms with E-state index in [1.54, 1.807) is 7.11 Å². The molecule has 14 heavy (non-hydrogen) atoms. The number of nitrogens with one attached hydrogen (secondary N) is 1. The molecule has 0 amide bonds. The van der Waals surface area contributed by atoms with E-state index in [2.05, 4.69) is 15.3 Å². The molecule has 1 aromatic rings. The van der Waals surface area contributed by atoms with E-state index in [1.165, 1.54) is 0 Å². The van der Waals surface area contributed by atoms with Gasteiger partial charge in [-0.3, -0.25) is 0 Å². The average molecular weight is 195 g/mol. The van der Waals surface area contributed by atoms with Gasteiger partial charge in [-0.1, -0.05) is 0 Å². The minimum Gasteiger partial charge on any atom is -0.385 e. The molecule has 0 spiro atoms. The molecule has 0 aliphatic heterocycles. The van der Waals surface area contributed by atoms with Gasteiger partial charge in [0.05, 0.1) is 0 Å². The Hall–Kier alpha value is -1.16. The molecule has 0 aliphatic rings. The van der Waals surface area contributed by atoms with Crippen LogP contribution in [0.1, 0.15) is 17.9 Å². The summed E-state index contributed by atoms with van der Waals surface area (Å²) in [6.45, 7) is 2.73. The van der Waals surface area contributed by atoms with Crippen LogP contribution >= 0.6 is 0 Å². The SMILES string of the molecule is CNc1cc(C)nc(CCCOC)n1. The lowest BCUT2D eigenvalue weighted by atomic mass is 10.3. The van der Waals surface area contributed by atoms with E-state index in [9.17, 15) is 0 Å². The number of hydrogen-bond donors (Lipinski definition) is 1. The van der Waals surface area contributed by atoms with Crippen LogP contribution in [0, 0.1) is 6.92 Å². The summed E-state index contributed by atoms with van der Waals surface area (Å²) in [7, 11) is 3.57. The Morgan fingerprint density at radius 2 is 2.21 bits per heavy atom. The van der Waals surface area contributed by atoms with Gasteiger partial charge in [-0.25, -0.2) is 9.97 Å². The molecule has 1 heterocycles. The molecule has 0 radical (unpaired) electrons. The van der Waals surface area contributed by atoms with Crippen LogP contribution in [0.4, 0.5) is 5.82 Å². The molecule has 4 nitrogen and oxygen atoms in total. The summed E-state index contributed by atoms with van der Waals surface area (Å²) in [6.07, 6.45) is 1.83. The van der Waals surface area contributed by atoms with Crippen molar-refractivity contribution in [2.75, 3.05) is 26.1 Å². The Morgan fingerprint density at radius 3 is 2.86 bits per heavy atom. The number of anilines is 1. The van der Waals surface area contributed by atoms with Gasteiger partial charge in [-0.2, -0.15) is 0 Å². The standard InChI is InChI=1S/C10H17N3O/c1-8-7-10(11-2)13-9(12-8)5-4-6-14-3/h7H,4-6H2,1-3H3,(H,11,12,13). The fourth-order valence-electron chi connectivity index (χ4n) is 1.24. The second kappa shape index (κ2) is 5.54. The van der Waals surface area contributed by atoms with Crippen LogP contribution in [-0.2, 0) is 11.2 Å². The lowest BCUT2D eigenvalue weighted by Crippen LogP contribution is -2.03. The molecule has 0 fully saturated rings. The van der Waals surface area contributed by atoms with Crippen molar-refractivity contribution >= 4 is 5.82 Å². The number of ether oxygens (including phenoxy) is 1. The Labute approximate surface area is 84.7 Å². The molecule has 0 unspecified atom stereocenters. The molecule has 1 aromatic heterocycles. The number of nitrogens with zero attached hydrogens (tertiary/aromatic N) is 2. The largest absolute Gasteiger partial charge is 0.385 e. The molecule has 1 N–H and O–H groups in total. The molecule has 0 atom stereocenters. The number of methoxy groups -OCH3 is 1. The van der Waals surface area contributed by atoms with Gasteiger partial charge >= 0.3 is 0 Å². The Balaban J connectivity index is 2.62. The van der Waals surface area contributed by atoms with Crippen LogP contribution < -0.4 is 5.32 Å². The van der Waals surface area contributed by atoms with Crippen LogP contribution in [0.15, 0.2) is 6.07 Å². The summed E-state index contributed by atoms with van der Waals surface area (Å²) in [5, 5.41) is 3.02. The molecule has 0 bridgehead atoms. The molecular formula is C10H17N3O. The van der Waals surface area contributed by atoms with Crippen LogP contribution in [-0.4, -0.2) is 30.7 Å². The number of aromatic nitrogens is 2. The number of rotatable bonds is 5. The van der Waals surface area contributed by atoms with Crippen molar-refractivity contribution in [1.82, 2.24) is 9.97 Å². The Bertz CT molecular complexity index is 289. The predicted molar refractivity (Wildman–Crippen MR) is 56.5 cm³/mol. The van der Waals surface area contributed by atoms with E-state index in [0.717, 1.165) is 36.8 Å². The lowest BCUT2D eigenvalue weighted by molar-refractivity contribution is 0.194. The molecule has 0 saturated heterocycles. The van der Waals surface area contributed by atoms with Gasteiger partial charge in [0.1, 0.15) is 11.6 Å². The Kier molecular flexibility index (Phi) is 4.32. The summed E-state index contributed by atoms with van der Waals surface area (Å²) in [6, 6.07) is 1.93. The summed E-state index contributed by atoms with van der Waals surface area (Å²) in [5.41, 5.74) is 0.997. The van der Waals surface area contributed by atoms with Crippen LogP contribution in [0.3, 0.4) is 0 Å². The maximum absolute atomic E-state index is 4.98. The molecule has 78 valence electrons. The van der Waals surface area contributed by atoms with Crippen LogP contribution in [0.2, 0.25) is 0 Å². The van der Waals surface area contributed by atoms with Crippen molar-refractivity contribution in [3.8, 4) is 0 Å². The number of aryl methyl sites for hydroxylation is 2. The topological polar surface area (TPSA) is 47.0 Å². The fourth-order valence-corrected chi connectivity index (χ4v) is 1.24. The first-order valence-corrected chi connectivity index (χ1v) is 4.77. The van der Waals surface area contributed by atoms with Gasteiger partial charge in [0.2, 0.25) is 0 Å². The second-order valence-electron chi connectivity index (χ2n) is 3.16.